The number of rotatable bonds is 5. The zero-order chi connectivity index (χ0) is 20.3. The van der Waals surface area contributed by atoms with Crippen molar-refractivity contribution < 1.29 is 0 Å². The molecule has 2 aromatic heterocycles. The molecule has 1 saturated heterocycles. The Morgan fingerprint density at radius 3 is 2.47 bits per heavy atom. The zero-order valence-electron chi connectivity index (χ0n) is 16.5. The highest BCUT2D eigenvalue weighted by molar-refractivity contribution is 6.30. The van der Waals surface area contributed by atoms with Crippen LogP contribution in [0.5, 0.6) is 0 Å². The third kappa shape index (κ3) is 4.18. The molecule has 7 nitrogen and oxygen atoms in total. The molecule has 4 aromatic rings. The van der Waals surface area contributed by atoms with Gasteiger partial charge in [-0.1, -0.05) is 35.9 Å². The number of hydrogen-bond donors (Lipinski definition) is 0. The Balaban J connectivity index is 1.18. The topological polar surface area (TPSA) is 63.0 Å². The molecule has 0 amide bonds. The smallest absolute Gasteiger partial charge is 0.204 e. The molecule has 152 valence electrons. The van der Waals surface area contributed by atoms with Crippen molar-refractivity contribution in [3.63, 3.8) is 0 Å². The van der Waals surface area contributed by atoms with E-state index >= 15 is 0 Å². The first-order valence-electron chi connectivity index (χ1n) is 10.1. The van der Waals surface area contributed by atoms with E-state index in [4.69, 9.17) is 11.6 Å². The second-order valence-corrected chi connectivity index (χ2v) is 7.96. The molecule has 0 spiro atoms. The van der Waals surface area contributed by atoms with Crippen LogP contribution in [0.4, 0.5) is 0 Å². The lowest BCUT2D eigenvalue weighted by atomic mass is 10.1. The van der Waals surface area contributed by atoms with E-state index in [-0.39, 0.29) is 0 Å². The van der Waals surface area contributed by atoms with E-state index < -0.39 is 0 Å². The van der Waals surface area contributed by atoms with Crippen molar-refractivity contribution in [3.05, 3.63) is 71.4 Å². The third-order valence-electron chi connectivity index (χ3n) is 5.46. The lowest BCUT2D eigenvalue weighted by molar-refractivity contribution is 0.0932. The number of tetrazole rings is 1. The summed E-state index contributed by atoms with van der Waals surface area (Å²) in [5, 5.41) is 14.8. The van der Waals surface area contributed by atoms with Crippen LogP contribution < -0.4 is 0 Å². The van der Waals surface area contributed by atoms with Gasteiger partial charge in [-0.25, -0.2) is 0 Å². The summed E-state index contributed by atoms with van der Waals surface area (Å²) in [4.78, 5) is 11.1. The van der Waals surface area contributed by atoms with Crippen molar-refractivity contribution in [2.24, 2.45) is 0 Å². The SMILES string of the molecule is Clc1ccc(-c2nnn(CN3CCN(Cc4cccc5cccnc45)CC3)n2)cc1. The Morgan fingerprint density at radius 2 is 1.63 bits per heavy atom. The van der Waals surface area contributed by atoms with Crippen LogP contribution in [-0.2, 0) is 13.2 Å². The molecule has 0 radical (unpaired) electrons. The van der Waals surface area contributed by atoms with E-state index in [1.807, 2.05) is 36.5 Å². The van der Waals surface area contributed by atoms with Crippen molar-refractivity contribution in [2.75, 3.05) is 26.2 Å². The number of para-hydroxylation sites is 1. The number of fused-ring (bicyclic) bond motifs is 1. The number of hydrogen-bond acceptors (Lipinski definition) is 6. The lowest BCUT2D eigenvalue weighted by Crippen LogP contribution is -2.46. The summed E-state index contributed by atoms with van der Waals surface area (Å²) in [6.07, 6.45) is 1.87. The summed E-state index contributed by atoms with van der Waals surface area (Å²) in [7, 11) is 0. The molecule has 1 aliphatic heterocycles. The second kappa shape index (κ2) is 8.47. The average Bonchev–Trinajstić information content (AvgIpc) is 3.24. The summed E-state index contributed by atoms with van der Waals surface area (Å²) >= 11 is 5.95. The number of aromatic nitrogens is 5. The summed E-state index contributed by atoms with van der Waals surface area (Å²) < 4.78 is 0. The molecule has 0 N–H and O–H groups in total. The Labute approximate surface area is 179 Å². The molecule has 0 unspecified atom stereocenters. The van der Waals surface area contributed by atoms with Crippen LogP contribution in [0.2, 0.25) is 5.02 Å². The van der Waals surface area contributed by atoms with Gasteiger partial charge >= 0.3 is 0 Å². The summed E-state index contributed by atoms with van der Waals surface area (Å²) in [6.45, 7) is 5.50. The Kier molecular flexibility index (Phi) is 5.40. The van der Waals surface area contributed by atoms with Crippen molar-refractivity contribution in [1.82, 2.24) is 35.0 Å². The highest BCUT2D eigenvalue weighted by atomic mass is 35.5. The summed E-state index contributed by atoms with van der Waals surface area (Å²) in [5.74, 6) is 0.619. The van der Waals surface area contributed by atoms with Crippen molar-refractivity contribution in [2.45, 2.75) is 13.2 Å². The molecule has 3 heterocycles. The molecule has 8 heteroatoms. The van der Waals surface area contributed by atoms with E-state index in [2.05, 4.69) is 54.5 Å². The Morgan fingerprint density at radius 1 is 0.867 bits per heavy atom. The average molecular weight is 420 g/mol. The number of nitrogens with zero attached hydrogens (tertiary/aromatic N) is 7. The van der Waals surface area contributed by atoms with Gasteiger partial charge in [0.25, 0.3) is 0 Å². The predicted octanol–water partition coefficient (Wildman–Crippen LogP) is 3.32. The van der Waals surface area contributed by atoms with Crippen LogP contribution in [0.3, 0.4) is 0 Å². The minimum atomic E-state index is 0.619. The van der Waals surface area contributed by atoms with Gasteiger partial charge in [0, 0.05) is 54.9 Å². The lowest BCUT2D eigenvalue weighted by Gasteiger charge is -2.34. The minimum Gasteiger partial charge on any atom is -0.296 e. The standard InChI is InChI=1S/C22H22ClN7/c23-20-8-6-18(7-9-20)22-25-27-30(26-22)16-29-13-11-28(12-14-29)15-19-4-1-3-17-5-2-10-24-21(17)19/h1-10H,11-16H2. The molecular weight excluding hydrogens is 398 g/mol. The third-order valence-corrected chi connectivity index (χ3v) is 5.71. The van der Waals surface area contributed by atoms with Gasteiger partial charge in [-0.05, 0) is 41.1 Å². The van der Waals surface area contributed by atoms with Crippen molar-refractivity contribution in [1.29, 1.82) is 0 Å². The minimum absolute atomic E-state index is 0.619. The van der Waals surface area contributed by atoms with Gasteiger partial charge in [-0.2, -0.15) is 0 Å². The van der Waals surface area contributed by atoms with Crippen LogP contribution in [0, 0.1) is 0 Å². The Bertz CT molecular complexity index is 1130. The van der Waals surface area contributed by atoms with Crippen LogP contribution in [0.25, 0.3) is 22.3 Å². The van der Waals surface area contributed by atoms with E-state index in [1.54, 1.807) is 4.80 Å². The van der Waals surface area contributed by atoms with Crippen LogP contribution in [0.1, 0.15) is 5.56 Å². The molecular formula is C22H22ClN7. The normalized spacial score (nSPS) is 15.6. The molecule has 5 rings (SSSR count). The highest BCUT2D eigenvalue weighted by Crippen LogP contribution is 2.19. The van der Waals surface area contributed by atoms with Gasteiger partial charge in [0.1, 0.15) is 6.67 Å². The number of benzene rings is 2. The molecule has 30 heavy (non-hydrogen) atoms. The maximum atomic E-state index is 5.95. The summed E-state index contributed by atoms with van der Waals surface area (Å²) in [5.41, 5.74) is 3.30. The van der Waals surface area contributed by atoms with Gasteiger partial charge in [-0.3, -0.25) is 14.8 Å². The van der Waals surface area contributed by atoms with E-state index in [1.165, 1.54) is 10.9 Å². The fraction of sp³-hybridized carbons (Fsp3) is 0.273. The van der Waals surface area contributed by atoms with Crippen LogP contribution in [0.15, 0.2) is 60.8 Å². The first-order valence-corrected chi connectivity index (χ1v) is 10.4. The van der Waals surface area contributed by atoms with E-state index in [9.17, 15) is 0 Å². The maximum absolute atomic E-state index is 5.95. The quantitative estimate of drug-likeness (QED) is 0.494. The highest BCUT2D eigenvalue weighted by Gasteiger charge is 2.19. The Hall–Kier alpha value is -2.87. The molecule has 1 fully saturated rings. The van der Waals surface area contributed by atoms with Crippen LogP contribution in [-0.4, -0.2) is 61.2 Å². The molecule has 0 aliphatic carbocycles. The fourth-order valence-corrected chi connectivity index (χ4v) is 3.95. The monoisotopic (exact) mass is 419 g/mol. The van der Waals surface area contributed by atoms with Gasteiger partial charge in [0.05, 0.1) is 5.52 Å². The van der Waals surface area contributed by atoms with Gasteiger partial charge < -0.3 is 0 Å². The van der Waals surface area contributed by atoms with E-state index in [0.717, 1.165) is 43.8 Å². The fourth-order valence-electron chi connectivity index (χ4n) is 3.82. The number of piperazine rings is 1. The zero-order valence-corrected chi connectivity index (χ0v) is 17.3. The maximum Gasteiger partial charge on any atom is 0.204 e. The van der Waals surface area contributed by atoms with E-state index in [0.29, 0.717) is 17.5 Å². The first kappa shape index (κ1) is 19.1. The molecule has 1 aliphatic rings. The summed E-state index contributed by atoms with van der Waals surface area (Å²) in [6, 6.07) is 18.0. The molecule has 0 bridgehead atoms. The largest absolute Gasteiger partial charge is 0.296 e. The number of pyridine rings is 1. The molecule has 0 atom stereocenters. The number of halogens is 1. The molecule has 0 saturated carbocycles. The molecule has 2 aromatic carbocycles. The van der Waals surface area contributed by atoms with Gasteiger partial charge in [-0.15, -0.1) is 15.0 Å². The predicted molar refractivity (Wildman–Crippen MR) is 117 cm³/mol. The van der Waals surface area contributed by atoms with Crippen molar-refractivity contribution in [3.8, 4) is 11.4 Å². The second-order valence-electron chi connectivity index (χ2n) is 7.52. The van der Waals surface area contributed by atoms with Gasteiger partial charge in [0.15, 0.2) is 0 Å². The van der Waals surface area contributed by atoms with Crippen LogP contribution >= 0.6 is 11.6 Å². The first-order chi connectivity index (χ1) is 14.7. The van der Waals surface area contributed by atoms with Gasteiger partial charge in [0.2, 0.25) is 5.82 Å². The van der Waals surface area contributed by atoms with Crippen molar-refractivity contribution >= 4 is 22.5 Å².